The van der Waals surface area contributed by atoms with Gasteiger partial charge in [-0.1, -0.05) is 156 Å². The molecule has 4 rings (SSSR count). The van der Waals surface area contributed by atoms with Crippen LogP contribution in [0.3, 0.4) is 0 Å². The van der Waals surface area contributed by atoms with Crippen molar-refractivity contribution in [2.75, 3.05) is 0 Å². The van der Waals surface area contributed by atoms with Crippen molar-refractivity contribution in [1.29, 1.82) is 0 Å². The Morgan fingerprint density at radius 2 is 0.833 bits per heavy atom. The molecule has 4 aromatic carbocycles. The van der Waals surface area contributed by atoms with E-state index in [1.807, 2.05) is 0 Å². The Morgan fingerprint density at radius 1 is 0.476 bits per heavy atom. The van der Waals surface area contributed by atoms with Crippen molar-refractivity contribution >= 4 is 23.2 Å². The number of benzene rings is 4. The van der Waals surface area contributed by atoms with E-state index in [2.05, 4.69) is 128 Å². The third-order valence-corrected chi connectivity index (χ3v) is 12.9. The van der Waals surface area contributed by atoms with Crippen LogP contribution in [0.1, 0.15) is 89.5 Å². The first kappa shape index (κ1) is 34.2. The fourth-order valence-electron chi connectivity index (χ4n) is 6.07. The molecule has 0 aliphatic carbocycles. The first-order chi connectivity index (χ1) is 20.4. The van der Waals surface area contributed by atoms with Crippen LogP contribution in [-0.4, -0.2) is 5.85 Å². The molecule has 3 heteroatoms. The van der Waals surface area contributed by atoms with Gasteiger partial charge in [0.1, 0.15) is 23.2 Å². The summed E-state index contributed by atoms with van der Waals surface area (Å²) in [5.41, 5.74) is 1.24. The minimum absolute atomic E-state index is 0. The van der Waals surface area contributed by atoms with Crippen LogP contribution >= 0.6 is 7.26 Å². The highest BCUT2D eigenvalue weighted by Crippen LogP contribution is 2.61. The monoisotopic (exact) mass is 644 g/mol. The summed E-state index contributed by atoms with van der Waals surface area (Å²) in [7, 11) is -2.10. The van der Waals surface area contributed by atoms with Gasteiger partial charge in [0.05, 0.1) is 6.61 Å². The predicted octanol–water partition coefficient (Wildman–Crippen LogP) is 7.23. The summed E-state index contributed by atoms with van der Waals surface area (Å²) < 4.78 is 7.10. The maximum atomic E-state index is 7.10. The van der Waals surface area contributed by atoms with Crippen molar-refractivity contribution in [3.8, 4) is 0 Å². The van der Waals surface area contributed by atoms with E-state index in [9.17, 15) is 0 Å². The first-order valence-electron chi connectivity index (χ1n) is 16.1. The lowest BCUT2D eigenvalue weighted by Crippen LogP contribution is -3.00. The Kier molecular flexibility index (Phi) is 16.2. The molecule has 0 heterocycles. The normalized spacial score (nSPS) is 12.0. The summed E-state index contributed by atoms with van der Waals surface area (Å²) in [5, 5.41) is 4.20. The van der Waals surface area contributed by atoms with E-state index in [1.54, 1.807) is 0 Å². The zero-order valence-electron chi connectivity index (χ0n) is 25.6. The molecule has 0 spiro atoms. The minimum atomic E-state index is -2.10. The van der Waals surface area contributed by atoms with Crippen LogP contribution in [0, 0.1) is 0 Å². The van der Waals surface area contributed by atoms with Crippen LogP contribution < -0.4 is 32.9 Å². The minimum Gasteiger partial charge on any atom is -1.00 e. The maximum absolute atomic E-state index is 7.10. The predicted molar refractivity (Wildman–Crippen MR) is 181 cm³/mol. The van der Waals surface area contributed by atoms with Crippen LogP contribution in [-0.2, 0) is 11.3 Å². The van der Waals surface area contributed by atoms with Crippen molar-refractivity contribution < 1.29 is 21.7 Å². The summed E-state index contributed by atoms with van der Waals surface area (Å²) in [6.07, 6.45) is 16.0. The molecule has 1 unspecified atom stereocenters. The zero-order valence-corrected chi connectivity index (χ0v) is 28.0. The molecule has 0 aliphatic heterocycles. The molecule has 224 valence electrons. The van der Waals surface area contributed by atoms with Gasteiger partial charge in [0.2, 0.25) is 0 Å². The summed E-state index contributed by atoms with van der Waals surface area (Å²) in [5.74, 6) is 0.105. The largest absolute Gasteiger partial charge is 1.00 e. The van der Waals surface area contributed by atoms with Gasteiger partial charge >= 0.3 is 0 Å². The van der Waals surface area contributed by atoms with E-state index in [0.717, 1.165) is 6.42 Å². The molecule has 0 saturated heterocycles. The van der Waals surface area contributed by atoms with Gasteiger partial charge in [-0.3, -0.25) is 0 Å². The molecule has 0 fully saturated rings. The number of unbranched alkanes of at least 4 members (excludes halogenated alkanes) is 10. The van der Waals surface area contributed by atoms with Gasteiger partial charge in [-0.2, -0.15) is 0 Å². The first-order valence-corrected chi connectivity index (χ1v) is 17.9. The van der Waals surface area contributed by atoms with E-state index >= 15 is 0 Å². The number of hydrogen-bond donors (Lipinski definition) is 0. The standard InChI is InChI=1S/C39H50OP.BrH/c1-2-3-4-5-6-7-8-9-10-11-24-33-39(40-34-35-25-16-12-17-26-35)41(36-27-18-13-19-28-36,37-29-20-14-21-30-37)38-31-22-15-23-32-38;/h12-23,25-32,39H,2-11,24,33-34H2,1H3;1H/q+1;/p-1. The molecule has 0 aromatic heterocycles. The second-order valence-electron chi connectivity index (χ2n) is 11.3. The fourth-order valence-corrected chi connectivity index (χ4v) is 10.8. The third-order valence-electron chi connectivity index (χ3n) is 8.26. The number of rotatable bonds is 19. The van der Waals surface area contributed by atoms with Crippen molar-refractivity contribution in [2.45, 2.75) is 96.4 Å². The van der Waals surface area contributed by atoms with Crippen molar-refractivity contribution in [1.82, 2.24) is 0 Å². The Labute approximate surface area is 267 Å². The highest BCUT2D eigenvalue weighted by Gasteiger charge is 2.53. The van der Waals surface area contributed by atoms with E-state index in [4.69, 9.17) is 4.74 Å². The van der Waals surface area contributed by atoms with Crippen molar-refractivity contribution in [3.05, 3.63) is 127 Å². The van der Waals surface area contributed by atoms with Gasteiger partial charge in [0, 0.05) is 6.42 Å². The average molecular weight is 646 g/mol. The Hall–Kier alpha value is -2.25. The smallest absolute Gasteiger partial charge is 0.181 e. The summed E-state index contributed by atoms with van der Waals surface area (Å²) >= 11 is 0. The molecule has 0 saturated carbocycles. The van der Waals surface area contributed by atoms with E-state index < -0.39 is 7.26 Å². The molecule has 1 atom stereocenters. The highest BCUT2D eigenvalue weighted by atomic mass is 79.9. The van der Waals surface area contributed by atoms with E-state index in [1.165, 1.54) is 92.1 Å². The number of ether oxygens (including phenoxy) is 1. The Bertz CT molecular complexity index is 1100. The number of hydrogen-bond acceptors (Lipinski definition) is 1. The van der Waals surface area contributed by atoms with Gasteiger partial charge in [-0.15, -0.1) is 0 Å². The molecule has 4 aromatic rings. The Morgan fingerprint density at radius 3 is 1.24 bits per heavy atom. The molecule has 0 bridgehead atoms. The van der Waals surface area contributed by atoms with Gasteiger partial charge in [-0.25, -0.2) is 0 Å². The third kappa shape index (κ3) is 9.90. The fraction of sp³-hybridized carbons (Fsp3) is 0.385. The molecule has 42 heavy (non-hydrogen) atoms. The topological polar surface area (TPSA) is 9.23 Å². The average Bonchev–Trinajstić information content (AvgIpc) is 3.04. The van der Waals surface area contributed by atoms with Gasteiger partial charge in [0.25, 0.3) is 0 Å². The molecular formula is C39H50BrOP. The highest BCUT2D eigenvalue weighted by molar-refractivity contribution is 7.96. The summed E-state index contributed by atoms with van der Waals surface area (Å²) in [4.78, 5) is 0. The lowest BCUT2D eigenvalue weighted by atomic mass is 10.1. The van der Waals surface area contributed by atoms with E-state index in [0.29, 0.717) is 6.61 Å². The molecular weight excluding hydrogens is 595 g/mol. The summed E-state index contributed by atoms with van der Waals surface area (Å²) in [6.45, 7) is 2.93. The second kappa shape index (κ2) is 19.8. The van der Waals surface area contributed by atoms with Crippen molar-refractivity contribution in [2.24, 2.45) is 0 Å². The van der Waals surface area contributed by atoms with Crippen LogP contribution in [0.2, 0.25) is 0 Å². The van der Waals surface area contributed by atoms with Crippen LogP contribution in [0.25, 0.3) is 0 Å². The van der Waals surface area contributed by atoms with Crippen LogP contribution in [0.4, 0.5) is 0 Å². The lowest BCUT2D eigenvalue weighted by molar-refractivity contribution is -0.00000906. The van der Waals surface area contributed by atoms with Crippen LogP contribution in [0.5, 0.6) is 0 Å². The van der Waals surface area contributed by atoms with E-state index in [-0.39, 0.29) is 22.8 Å². The number of halogens is 1. The Balaban J connectivity index is 0.00000484. The van der Waals surface area contributed by atoms with Gasteiger partial charge in [0.15, 0.2) is 5.85 Å². The molecule has 0 aliphatic rings. The molecule has 1 nitrogen and oxygen atoms in total. The maximum Gasteiger partial charge on any atom is 0.181 e. The molecule has 0 N–H and O–H groups in total. The molecule has 0 radical (unpaired) electrons. The van der Waals surface area contributed by atoms with Crippen molar-refractivity contribution in [3.63, 3.8) is 0 Å². The summed E-state index contributed by atoms with van der Waals surface area (Å²) in [6, 6.07) is 44.4. The van der Waals surface area contributed by atoms with Crippen LogP contribution in [0.15, 0.2) is 121 Å². The molecule has 0 amide bonds. The zero-order chi connectivity index (χ0) is 28.4. The SMILES string of the molecule is CCCCCCCCCCCCCC(OCc1ccccc1)[P+](c1ccccc1)(c1ccccc1)c1ccccc1.[Br-]. The quantitative estimate of drug-likeness (QED) is 0.0773. The van der Waals surface area contributed by atoms with Gasteiger partial charge < -0.3 is 21.7 Å². The lowest BCUT2D eigenvalue weighted by Gasteiger charge is -2.34. The van der Waals surface area contributed by atoms with Gasteiger partial charge in [-0.05, 0) is 48.4 Å². The second-order valence-corrected chi connectivity index (χ2v) is 14.9.